The first-order valence-electron chi connectivity index (χ1n) is 7.34. The van der Waals surface area contributed by atoms with Gasteiger partial charge in [0.15, 0.2) is 0 Å². The molecule has 0 saturated heterocycles. The van der Waals surface area contributed by atoms with Crippen molar-refractivity contribution in [2.45, 2.75) is 0 Å². The Hall–Kier alpha value is -2.42. The van der Waals surface area contributed by atoms with Gasteiger partial charge in [0.25, 0.3) is 0 Å². The van der Waals surface area contributed by atoms with Crippen LogP contribution in [0, 0.1) is 0 Å². The zero-order valence-corrected chi connectivity index (χ0v) is 14.1. The Bertz CT molecular complexity index is 904. The fourth-order valence-electron chi connectivity index (χ4n) is 2.29. The summed E-state index contributed by atoms with van der Waals surface area (Å²) in [6.07, 6.45) is 0. The summed E-state index contributed by atoms with van der Waals surface area (Å²) in [6.45, 7) is 0. The lowest BCUT2D eigenvalue weighted by atomic mass is 10.0. The number of halogens is 2. The standard InChI is InChI=1S/C20H13Cl2NO/c21-15-8-6-7-14(13-15)19(23-16-9-2-1-3-10-16)20(24)17-11-4-5-12-18(17)22/h1-13H. The van der Waals surface area contributed by atoms with E-state index in [-0.39, 0.29) is 5.78 Å². The number of Topliss-reactive ketones (excluding diaryl/α,β-unsaturated/α-hetero) is 1. The largest absolute Gasteiger partial charge is 0.287 e. The number of benzene rings is 3. The van der Waals surface area contributed by atoms with Gasteiger partial charge >= 0.3 is 0 Å². The third-order valence-electron chi connectivity index (χ3n) is 3.43. The molecule has 0 amide bonds. The summed E-state index contributed by atoms with van der Waals surface area (Å²) in [5.74, 6) is -0.244. The molecule has 118 valence electrons. The highest BCUT2D eigenvalue weighted by Gasteiger charge is 2.19. The van der Waals surface area contributed by atoms with Crippen LogP contribution in [0.4, 0.5) is 5.69 Å². The van der Waals surface area contributed by atoms with Gasteiger partial charge in [0.1, 0.15) is 5.71 Å². The molecule has 3 rings (SSSR count). The van der Waals surface area contributed by atoms with Crippen LogP contribution in [-0.4, -0.2) is 11.5 Å². The second-order valence-electron chi connectivity index (χ2n) is 5.12. The smallest absolute Gasteiger partial charge is 0.213 e. The average Bonchev–Trinajstić information content (AvgIpc) is 2.60. The zero-order valence-electron chi connectivity index (χ0n) is 12.6. The summed E-state index contributed by atoms with van der Waals surface area (Å²) < 4.78 is 0. The number of hydrogen-bond donors (Lipinski definition) is 0. The van der Waals surface area contributed by atoms with E-state index in [1.807, 2.05) is 36.4 Å². The Labute approximate surface area is 150 Å². The molecule has 0 aliphatic heterocycles. The molecular formula is C20H13Cl2NO. The van der Waals surface area contributed by atoms with Crippen molar-refractivity contribution in [2.75, 3.05) is 0 Å². The van der Waals surface area contributed by atoms with Crippen LogP contribution >= 0.6 is 23.2 Å². The fraction of sp³-hybridized carbons (Fsp3) is 0. The lowest BCUT2D eigenvalue weighted by Gasteiger charge is -2.08. The average molecular weight is 354 g/mol. The molecule has 24 heavy (non-hydrogen) atoms. The van der Waals surface area contributed by atoms with Gasteiger partial charge in [0.2, 0.25) is 5.78 Å². The SMILES string of the molecule is O=C(C(=Nc1ccccc1)c1cccc(Cl)c1)c1ccccc1Cl. The van der Waals surface area contributed by atoms with E-state index in [2.05, 4.69) is 4.99 Å². The van der Waals surface area contributed by atoms with Gasteiger partial charge in [-0.25, -0.2) is 4.99 Å². The Kier molecular flexibility index (Phi) is 5.09. The number of para-hydroxylation sites is 1. The first-order chi connectivity index (χ1) is 11.6. The first-order valence-corrected chi connectivity index (χ1v) is 8.09. The predicted octanol–water partition coefficient (Wildman–Crippen LogP) is 6.00. The molecule has 0 fully saturated rings. The van der Waals surface area contributed by atoms with E-state index in [1.54, 1.807) is 42.5 Å². The van der Waals surface area contributed by atoms with Gasteiger partial charge in [-0.15, -0.1) is 0 Å². The van der Waals surface area contributed by atoms with Gasteiger partial charge in [0.05, 0.1) is 10.7 Å². The van der Waals surface area contributed by atoms with E-state index in [1.165, 1.54) is 0 Å². The minimum absolute atomic E-state index is 0.244. The van der Waals surface area contributed by atoms with Crippen molar-refractivity contribution < 1.29 is 4.79 Å². The third-order valence-corrected chi connectivity index (χ3v) is 3.99. The molecule has 2 nitrogen and oxygen atoms in total. The Morgan fingerprint density at radius 3 is 2.21 bits per heavy atom. The molecule has 0 aromatic heterocycles. The molecule has 0 unspecified atom stereocenters. The van der Waals surface area contributed by atoms with Crippen LogP contribution < -0.4 is 0 Å². The molecule has 0 bridgehead atoms. The maximum atomic E-state index is 13.0. The maximum absolute atomic E-state index is 13.0. The van der Waals surface area contributed by atoms with E-state index in [0.717, 1.165) is 0 Å². The fourth-order valence-corrected chi connectivity index (χ4v) is 2.70. The summed E-state index contributed by atoms with van der Waals surface area (Å²) >= 11 is 12.3. The monoisotopic (exact) mass is 353 g/mol. The molecule has 0 heterocycles. The van der Waals surface area contributed by atoms with E-state index in [9.17, 15) is 4.79 Å². The van der Waals surface area contributed by atoms with Gasteiger partial charge in [-0.05, 0) is 36.4 Å². The van der Waals surface area contributed by atoms with Crippen LogP contribution in [0.5, 0.6) is 0 Å². The molecule has 0 spiro atoms. The third kappa shape index (κ3) is 3.73. The molecule has 0 aliphatic carbocycles. The van der Waals surface area contributed by atoms with Crippen LogP contribution in [0.15, 0.2) is 83.9 Å². The minimum Gasteiger partial charge on any atom is -0.287 e. The molecule has 0 saturated carbocycles. The number of nitrogens with zero attached hydrogens (tertiary/aromatic N) is 1. The number of ketones is 1. The zero-order chi connectivity index (χ0) is 16.9. The van der Waals surface area contributed by atoms with Crippen molar-refractivity contribution in [1.82, 2.24) is 0 Å². The van der Waals surface area contributed by atoms with Crippen LogP contribution in [0.2, 0.25) is 10.0 Å². The van der Waals surface area contributed by atoms with Gasteiger partial charge in [0, 0.05) is 16.1 Å². The first kappa shape index (κ1) is 16.4. The normalized spacial score (nSPS) is 11.3. The predicted molar refractivity (Wildman–Crippen MR) is 99.9 cm³/mol. The van der Waals surface area contributed by atoms with Crippen molar-refractivity contribution in [3.05, 3.63) is 100 Å². The lowest BCUT2D eigenvalue weighted by molar-refractivity contribution is 0.106. The maximum Gasteiger partial charge on any atom is 0.213 e. The van der Waals surface area contributed by atoms with Gasteiger partial charge < -0.3 is 0 Å². The number of rotatable bonds is 4. The molecule has 0 atom stereocenters. The van der Waals surface area contributed by atoms with Crippen molar-refractivity contribution >= 4 is 40.4 Å². The Balaban J connectivity index is 2.14. The Morgan fingerprint density at radius 1 is 0.792 bits per heavy atom. The van der Waals surface area contributed by atoms with Crippen molar-refractivity contribution in [1.29, 1.82) is 0 Å². The van der Waals surface area contributed by atoms with E-state index >= 15 is 0 Å². The lowest BCUT2D eigenvalue weighted by Crippen LogP contribution is -2.16. The molecule has 0 radical (unpaired) electrons. The number of carbonyl (C=O) groups excluding carboxylic acids is 1. The molecule has 4 heteroatoms. The van der Waals surface area contributed by atoms with Crippen molar-refractivity contribution in [2.24, 2.45) is 4.99 Å². The topological polar surface area (TPSA) is 29.4 Å². The van der Waals surface area contributed by atoms with Gasteiger partial charge in [-0.2, -0.15) is 0 Å². The number of carbonyl (C=O) groups is 1. The van der Waals surface area contributed by atoms with Crippen LogP contribution in [0.25, 0.3) is 0 Å². The van der Waals surface area contributed by atoms with Crippen LogP contribution in [-0.2, 0) is 0 Å². The van der Waals surface area contributed by atoms with Gasteiger partial charge in [-0.1, -0.05) is 65.7 Å². The molecule has 0 N–H and O–H groups in total. The highest BCUT2D eigenvalue weighted by atomic mass is 35.5. The number of aliphatic imine (C=N–C) groups is 1. The number of hydrogen-bond acceptors (Lipinski definition) is 2. The Morgan fingerprint density at radius 2 is 1.50 bits per heavy atom. The second kappa shape index (κ2) is 7.43. The highest BCUT2D eigenvalue weighted by molar-refractivity contribution is 6.54. The molecule has 3 aromatic rings. The summed E-state index contributed by atoms with van der Waals surface area (Å²) in [4.78, 5) is 17.6. The second-order valence-corrected chi connectivity index (χ2v) is 5.96. The summed E-state index contributed by atoms with van der Waals surface area (Å²) in [5, 5.41) is 0.936. The van der Waals surface area contributed by atoms with E-state index in [4.69, 9.17) is 23.2 Å². The quantitative estimate of drug-likeness (QED) is 0.417. The molecule has 0 aliphatic rings. The summed E-state index contributed by atoms with van der Waals surface area (Å²) in [7, 11) is 0. The van der Waals surface area contributed by atoms with Crippen LogP contribution in [0.3, 0.4) is 0 Å². The molecule has 3 aromatic carbocycles. The highest BCUT2D eigenvalue weighted by Crippen LogP contribution is 2.22. The summed E-state index contributed by atoms with van der Waals surface area (Å²) in [5.41, 5.74) is 2.05. The van der Waals surface area contributed by atoms with E-state index < -0.39 is 0 Å². The van der Waals surface area contributed by atoms with Gasteiger partial charge in [-0.3, -0.25) is 4.79 Å². The van der Waals surface area contributed by atoms with Crippen molar-refractivity contribution in [3.63, 3.8) is 0 Å². The minimum atomic E-state index is -0.244. The van der Waals surface area contributed by atoms with Crippen LogP contribution in [0.1, 0.15) is 15.9 Å². The molecular weight excluding hydrogens is 341 g/mol. The summed E-state index contributed by atoms with van der Waals surface area (Å²) in [6, 6.07) is 23.3. The van der Waals surface area contributed by atoms with E-state index in [0.29, 0.717) is 32.6 Å². The van der Waals surface area contributed by atoms with Crippen molar-refractivity contribution in [3.8, 4) is 0 Å².